The number of hydrogen-bond donors (Lipinski definition) is 3. The summed E-state index contributed by atoms with van der Waals surface area (Å²) >= 11 is 0. The predicted molar refractivity (Wildman–Crippen MR) is 159 cm³/mol. The standard InChI is InChI=1S/C28H31FN6O3S.ClH/c1-19-10-11-21-22(7-2-9-25(21)35-39(36,37)17-5-13-29)26(19)38-27-23(8-4-15-31-27)24-12-16-32-28(34-24)33-20-6-3-14-30-18-20;/h2,4,7-12,15-16,20,30,35H,3,5-6,13-14,17-18H2,1H3,(H,32,33,34);1H/t20-;/m0./s1. The van der Waals surface area contributed by atoms with Crippen LogP contribution in [-0.2, 0) is 10.0 Å². The zero-order valence-corrected chi connectivity index (χ0v) is 23.7. The lowest BCUT2D eigenvalue weighted by Crippen LogP contribution is -2.38. The molecular weight excluding hydrogens is 555 g/mol. The van der Waals surface area contributed by atoms with E-state index < -0.39 is 16.7 Å². The number of rotatable bonds is 10. The van der Waals surface area contributed by atoms with Gasteiger partial charge in [-0.2, -0.15) is 0 Å². The van der Waals surface area contributed by atoms with Crippen molar-refractivity contribution in [3.63, 3.8) is 0 Å². The number of fused-ring (bicyclic) bond motifs is 1. The van der Waals surface area contributed by atoms with Crippen LogP contribution in [-0.4, -0.2) is 54.9 Å². The number of anilines is 2. The van der Waals surface area contributed by atoms with E-state index in [0.717, 1.165) is 31.5 Å². The molecule has 40 heavy (non-hydrogen) atoms. The number of aryl methyl sites for hydroxylation is 1. The molecule has 12 heteroatoms. The van der Waals surface area contributed by atoms with Crippen molar-refractivity contribution in [2.75, 3.05) is 35.6 Å². The Balaban J connectivity index is 0.00000370. The number of pyridine rings is 1. The van der Waals surface area contributed by atoms with Crippen molar-refractivity contribution in [1.29, 1.82) is 0 Å². The second kappa shape index (κ2) is 13.2. The number of alkyl halides is 1. The first-order valence-corrected chi connectivity index (χ1v) is 14.6. The van der Waals surface area contributed by atoms with E-state index in [2.05, 4.69) is 25.3 Å². The fourth-order valence-electron chi connectivity index (χ4n) is 4.63. The van der Waals surface area contributed by atoms with E-state index in [9.17, 15) is 12.8 Å². The van der Waals surface area contributed by atoms with Gasteiger partial charge in [0, 0.05) is 35.8 Å². The number of ether oxygens (including phenoxy) is 1. The minimum absolute atomic E-state index is 0. The highest BCUT2D eigenvalue weighted by Gasteiger charge is 2.18. The third kappa shape index (κ3) is 6.96. The predicted octanol–water partition coefficient (Wildman–Crippen LogP) is 5.48. The third-order valence-corrected chi connectivity index (χ3v) is 7.91. The Kier molecular flexibility index (Phi) is 9.72. The van der Waals surface area contributed by atoms with Crippen LogP contribution in [0.3, 0.4) is 0 Å². The molecule has 0 amide bonds. The number of sulfonamides is 1. The molecule has 212 valence electrons. The molecule has 3 N–H and O–H groups in total. The Hall–Kier alpha value is -3.54. The first-order chi connectivity index (χ1) is 18.9. The molecule has 1 aliphatic heterocycles. The Morgan fingerprint density at radius 3 is 2.75 bits per heavy atom. The lowest BCUT2D eigenvalue weighted by molar-refractivity contribution is 0.466. The molecule has 1 saturated heterocycles. The molecule has 9 nitrogen and oxygen atoms in total. The Morgan fingerprint density at radius 1 is 1.07 bits per heavy atom. The van der Waals surface area contributed by atoms with Gasteiger partial charge in [0.25, 0.3) is 0 Å². The van der Waals surface area contributed by atoms with Gasteiger partial charge in [0.1, 0.15) is 5.75 Å². The number of hydrogen-bond acceptors (Lipinski definition) is 8. The average molecular weight is 587 g/mol. The van der Waals surface area contributed by atoms with E-state index in [4.69, 9.17) is 9.72 Å². The number of nitrogens with one attached hydrogen (secondary N) is 3. The molecule has 1 fully saturated rings. The van der Waals surface area contributed by atoms with E-state index in [1.54, 1.807) is 24.5 Å². The van der Waals surface area contributed by atoms with Gasteiger partial charge >= 0.3 is 0 Å². The average Bonchev–Trinajstić information content (AvgIpc) is 2.94. The molecule has 0 radical (unpaired) electrons. The molecule has 0 spiro atoms. The van der Waals surface area contributed by atoms with Gasteiger partial charge in [-0.1, -0.05) is 24.3 Å². The van der Waals surface area contributed by atoms with Crippen molar-refractivity contribution < 1.29 is 17.5 Å². The number of aromatic nitrogens is 3. The van der Waals surface area contributed by atoms with Crippen molar-refractivity contribution in [1.82, 2.24) is 20.3 Å². The van der Waals surface area contributed by atoms with Crippen molar-refractivity contribution in [3.8, 4) is 22.9 Å². The van der Waals surface area contributed by atoms with Gasteiger partial charge in [0.05, 0.1) is 29.4 Å². The van der Waals surface area contributed by atoms with Crippen LogP contribution in [0.2, 0.25) is 0 Å². The van der Waals surface area contributed by atoms with Gasteiger partial charge in [-0.25, -0.2) is 23.4 Å². The van der Waals surface area contributed by atoms with Gasteiger partial charge in [-0.3, -0.25) is 9.11 Å². The second-order valence-corrected chi connectivity index (χ2v) is 11.3. The summed E-state index contributed by atoms with van der Waals surface area (Å²) in [6, 6.07) is 14.8. The molecule has 1 atom stereocenters. The monoisotopic (exact) mass is 586 g/mol. The lowest BCUT2D eigenvalue weighted by Gasteiger charge is -2.23. The van der Waals surface area contributed by atoms with Crippen LogP contribution >= 0.6 is 12.4 Å². The zero-order valence-electron chi connectivity index (χ0n) is 22.1. The van der Waals surface area contributed by atoms with E-state index in [-0.39, 0.29) is 30.6 Å². The molecule has 2 aromatic heterocycles. The van der Waals surface area contributed by atoms with Crippen LogP contribution in [0.25, 0.3) is 22.0 Å². The molecule has 0 aliphatic carbocycles. The normalized spacial score (nSPS) is 15.3. The fraction of sp³-hybridized carbons (Fsp3) is 0.321. The highest BCUT2D eigenvalue weighted by molar-refractivity contribution is 7.92. The van der Waals surface area contributed by atoms with Crippen LogP contribution in [0.1, 0.15) is 24.8 Å². The van der Waals surface area contributed by atoms with Gasteiger partial charge < -0.3 is 15.4 Å². The maximum atomic E-state index is 12.6. The molecule has 4 aromatic rings. The summed E-state index contributed by atoms with van der Waals surface area (Å²) < 4.78 is 46.5. The number of halogens is 2. The maximum Gasteiger partial charge on any atom is 0.232 e. The first-order valence-electron chi connectivity index (χ1n) is 13.0. The topological polar surface area (TPSA) is 118 Å². The molecule has 0 saturated carbocycles. The summed E-state index contributed by atoms with van der Waals surface area (Å²) in [6.45, 7) is 3.11. The summed E-state index contributed by atoms with van der Waals surface area (Å²) in [6.07, 6.45) is 5.45. The quantitative estimate of drug-likeness (QED) is 0.224. The van der Waals surface area contributed by atoms with E-state index in [1.807, 2.05) is 43.3 Å². The minimum Gasteiger partial charge on any atom is -0.437 e. The van der Waals surface area contributed by atoms with E-state index in [1.165, 1.54) is 0 Å². The van der Waals surface area contributed by atoms with Crippen molar-refractivity contribution in [2.45, 2.75) is 32.2 Å². The molecule has 1 aliphatic rings. The summed E-state index contributed by atoms with van der Waals surface area (Å²) in [4.78, 5) is 13.6. The maximum absolute atomic E-state index is 12.6. The molecule has 3 heterocycles. The van der Waals surface area contributed by atoms with Crippen molar-refractivity contribution in [3.05, 3.63) is 66.5 Å². The first kappa shape index (κ1) is 29.4. The van der Waals surface area contributed by atoms with Crippen LogP contribution < -0.4 is 20.1 Å². The molecule has 0 bridgehead atoms. The second-order valence-electron chi connectivity index (χ2n) is 9.49. The Labute approximate surface area is 239 Å². The van der Waals surface area contributed by atoms with Gasteiger partial charge in [0.15, 0.2) is 0 Å². The van der Waals surface area contributed by atoms with Crippen LogP contribution in [0, 0.1) is 6.92 Å². The number of nitrogens with zero attached hydrogens (tertiary/aromatic N) is 3. The van der Waals surface area contributed by atoms with Gasteiger partial charge in [0.2, 0.25) is 21.9 Å². The largest absolute Gasteiger partial charge is 0.437 e. The van der Waals surface area contributed by atoms with Gasteiger partial charge in [-0.05, 0) is 62.6 Å². The molecular formula is C28H32ClFN6O3S. The highest BCUT2D eigenvalue weighted by Crippen LogP contribution is 2.38. The van der Waals surface area contributed by atoms with Crippen LogP contribution in [0.15, 0.2) is 60.9 Å². The Bertz CT molecular complexity index is 1570. The Morgan fingerprint density at radius 2 is 1.95 bits per heavy atom. The lowest BCUT2D eigenvalue weighted by atomic mass is 10.0. The van der Waals surface area contributed by atoms with E-state index >= 15 is 0 Å². The summed E-state index contributed by atoms with van der Waals surface area (Å²) in [5, 5.41) is 8.17. The molecule has 2 aromatic carbocycles. The van der Waals surface area contributed by atoms with Crippen LogP contribution in [0.4, 0.5) is 16.0 Å². The van der Waals surface area contributed by atoms with Crippen molar-refractivity contribution in [2.24, 2.45) is 0 Å². The minimum atomic E-state index is -3.70. The summed E-state index contributed by atoms with van der Waals surface area (Å²) in [7, 11) is -3.70. The molecule has 0 unspecified atom stereocenters. The van der Waals surface area contributed by atoms with Crippen molar-refractivity contribution >= 4 is 44.8 Å². The highest BCUT2D eigenvalue weighted by atomic mass is 35.5. The third-order valence-electron chi connectivity index (χ3n) is 6.55. The molecule has 5 rings (SSSR count). The SMILES string of the molecule is Cc1ccc2c(NS(=O)(=O)CCCF)cccc2c1Oc1ncccc1-c1ccnc(N[C@H]2CCCNC2)n1.Cl. The summed E-state index contributed by atoms with van der Waals surface area (Å²) in [5.41, 5.74) is 2.62. The number of benzene rings is 2. The number of piperidine rings is 1. The van der Waals surface area contributed by atoms with Crippen LogP contribution in [0.5, 0.6) is 11.6 Å². The fourth-order valence-corrected chi connectivity index (χ4v) is 5.73. The van der Waals surface area contributed by atoms with Gasteiger partial charge in [-0.15, -0.1) is 12.4 Å². The zero-order chi connectivity index (χ0) is 27.2. The summed E-state index contributed by atoms with van der Waals surface area (Å²) in [5.74, 6) is 1.17. The van der Waals surface area contributed by atoms with E-state index in [0.29, 0.717) is 45.3 Å². The smallest absolute Gasteiger partial charge is 0.232 e.